The van der Waals surface area contributed by atoms with Crippen LogP contribution in [0.15, 0.2) is 61.1 Å². The van der Waals surface area contributed by atoms with E-state index in [-0.39, 0.29) is 18.2 Å². The molecular weight excluding hydrogens is 567 g/mol. The molecule has 0 spiro atoms. The summed E-state index contributed by atoms with van der Waals surface area (Å²) >= 11 is 12.3. The number of alkyl halides is 1. The van der Waals surface area contributed by atoms with E-state index in [0.717, 1.165) is 25.3 Å². The monoisotopic (exact) mass is 596 g/mol. The van der Waals surface area contributed by atoms with Gasteiger partial charge in [0.05, 0.1) is 35.1 Å². The maximum Gasteiger partial charge on any atom is 0.225 e. The van der Waals surface area contributed by atoms with Gasteiger partial charge in [-0.3, -0.25) is 14.7 Å². The summed E-state index contributed by atoms with van der Waals surface area (Å²) in [5.41, 5.74) is 2.68. The number of nitrogens with one attached hydrogen (secondary N) is 2. The molecule has 12 heteroatoms. The molecule has 1 aliphatic heterocycles. The van der Waals surface area contributed by atoms with Gasteiger partial charge in [-0.15, -0.1) is 11.6 Å². The van der Waals surface area contributed by atoms with Gasteiger partial charge < -0.3 is 24.8 Å². The summed E-state index contributed by atoms with van der Waals surface area (Å²) in [6.45, 7) is 4.67. The van der Waals surface area contributed by atoms with Crippen LogP contribution >= 0.6 is 23.2 Å². The van der Waals surface area contributed by atoms with E-state index in [1.165, 1.54) is 6.33 Å². The van der Waals surface area contributed by atoms with Gasteiger partial charge in [-0.1, -0.05) is 17.7 Å². The number of fused-ring (bicyclic) bond motifs is 1. The number of halogens is 2. The van der Waals surface area contributed by atoms with Gasteiger partial charge in [-0.05, 0) is 36.4 Å². The van der Waals surface area contributed by atoms with Crippen molar-refractivity contribution in [2.75, 3.05) is 56.0 Å². The first kappa shape index (κ1) is 28.8. The Balaban J connectivity index is 1.34. The molecule has 0 saturated carbocycles. The smallest absolute Gasteiger partial charge is 0.225 e. The largest absolute Gasteiger partial charge is 0.490 e. The lowest BCUT2D eigenvalue weighted by Gasteiger charge is -2.26. The number of amides is 1. The number of rotatable bonds is 12. The van der Waals surface area contributed by atoms with Crippen LogP contribution in [0, 0.1) is 0 Å². The number of carbonyl (C=O) groups excluding carboxylic acids is 1. The van der Waals surface area contributed by atoms with Crippen LogP contribution in [0.3, 0.4) is 0 Å². The predicted molar refractivity (Wildman–Crippen MR) is 160 cm³/mol. The maximum atomic E-state index is 12.5. The van der Waals surface area contributed by atoms with E-state index in [4.69, 9.17) is 37.4 Å². The summed E-state index contributed by atoms with van der Waals surface area (Å²) in [7, 11) is 0. The normalized spacial score (nSPS) is 13.6. The quantitative estimate of drug-likeness (QED) is 0.211. The molecule has 1 saturated heterocycles. The van der Waals surface area contributed by atoms with Crippen LogP contribution in [0.25, 0.3) is 10.9 Å². The Kier molecular flexibility index (Phi) is 10.0. The van der Waals surface area contributed by atoms with Gasteiger partial charge in [0.2, 0.25) is 5.91 Å². The van der Waals surface area contributed by atoms with Crippen molar-refractivity contribution in [2.45, 2.75) is 13.0 Å². The number of benzene rings is 2. The fraction of sp³-hybridized carbons (Fsp3) is 0.310. The first-order chi connectivity index (χ1) is 20.1. The van der Waals surface area contributed by atoms with Crippen molar-refractivity contribution in [2.24, 2.45) is 0 Å². The molecule has 0 atom stereocenters. The minimum atomic E-state index is -0.211. The van der Waals surface area contributed by atoms with Gasteiger partial charge in [0, 0.05) is 55.3 Å². The fourth-order valence-electron chi connectivity index (χ4n) is 4.28. The third kappa shape index (κ3) is 7.95. The zero-order chi connectivity index (χ0) is 28.4. The molecule has 2 aromatic carbocycles. The second kappa shape index (κ2) is 14.3. The molecule has 2 aromatic heterocycles. The van der Waals surface area contributed by atoms with Crippen molar-refractivity contribution in [1.29, 1.82) is 0 Å². The second-order valence-corrected chi connectivity index (χ2v) is 10.0. The topological polar surface area (TPSA) is 111 Å². The summed E-state index contributed by atoms with van der Waals surface area (Å²) in [5.74, 6) is 1.61. The molecule has 1 aliphatic rings. The molecule has 2 N–H and O–H groups in total. The number of anilines is 3. The maximum absolute atomic E-state index is 12.5. The Labute approximate surface area is 247 Å². The average Bonchev–Trinajstić information content (AvgIpc) is 2.98. The van der Waals surface area contributed by atoms with Gasteiger partial charge in [-0.25, -0.2) is 9.97 Å². The van der Waals surface area contributed by atoms with Crippen LogP contribution in [0.2, 0.25) is 5.02 Å². The first-order valence-electron chi connectivity index (χ1n) is 13.3. The molecular formula is C29H30Cl2N6O4. The van der Waals surface area contributed by atoms with Gasteiger partial charge >= 0.3 is 0 Å². The highest BCUT2D eigenvalue weighted by Crippen LogP contribution is 2.35. The number of hydrogen-bond acceptors (Lipinski definition) is 9. The van der Waals surface area contributed by atoms with E-state index in [2.05, 4.69) is 30.5 Å². The van der Waals surface area contributed by atoms with Gasteiger partial charge in [0.25, 0.3) is 0 Å². The standard InChI is InChI=1S/C29H30Cl2N6O4/c30-7-6-28(38)36-25-16-22-24(17-27(25)40-14-11-37-9-12-39-13-10-37)33-19-34-29(22)35-20-4-5-26(23(31)15-20)41-18-21-3-1-2-8-32-21/h1-5,8,15-17,19H,6-7,9-14,18H2,(H,36,38)(H,33,34,35). The number of hydrogen-bond donors (Lipinski definition) is 2. The Bertz CT molecular complexity index is 1470. The molecule has 4 aromatic rings. The van der Waals surface area contributed by atoms with E-state index in [1.54, 1.807) is 30.5 Å². The lowest BCUT2D eigenvalue weighted by molar-refractivity contribution is -0.115. The minimum Gasteiger partial charge on any atom is -0.490 e. The van der Waals surface area contributed by atoms with Crippen molar-refractivity contribution in [3.63, 3.8) is 0 Å². The molecule has 5 rings (SSSR count). The summed E-state index contributed by atoms with van der Waals surface area (Å²) in [6, 6.07) is 14.6. The molecule has 214 valence electrons. The number of morpholine rings is 1. The average molecular weight is 598 g/mol. The molecule has 0 aliphatic carbocycles. The highest BCUT2D eigenvalue weighted by atomic mass is 35.5. The van der Waals surface area contributed by atoms with E-state index >= 15 is 0 Å². The van der Waals surface area contributed by atoms with Crippen LogP contribution < -0.4 is 20.1 Å². The molecule has 0 unspecified atom stereocenters. The van der Waals surface area contributed by atoms with Crippen LogP contribution in [-0.4, -0.2) is 71.1 Å². The summed E-state index contributed by atoms with van der Waals surface area (Å²) in [5, 5.41) is 7.36. The number of ether oxygens (including phenoxy) is 3. The molecule has 3 heterocycles. The summed E-state index contributed by atoms with van der Waals surface area (Å²) < 4.78 is 17.4. The van der Waals surface area contributed by atoms with E-state index in [0.29, 0.717) is 71.0 Å². The van der Waals surface area contributed by atoms with Gasteiger partial charge in [0.1, 0.15) is 36.9 Å². The number of nitrogens with zero attached hydrogens (tertiary/aromatic N) is 4. The van der Waals surface area contributed by atoms with Crippen LogP contribution in [0.4, 0.5) is 17.2 Å². The van der Waals surface area contributed by atoms with Crippen LogP contribution in [-0.2, 0) is 16.1 Å². The van der Waals surface area contributed by atoms with E-state index < -0.39 is 0 Å². The van der Waals surface area contributed by atoms with Crippen LogP contribution in [0.5, 0.6) is 11.5 Å². The number of aromatic nitrogens is 3. The second-order valence-electron chi connectivity index (χ2n) is 9.26. The zero-order valence-electron chi connectivity index (χ0n) is 22.3. The third-order valence-corrected chi connectivity index (χ3v) is 6.88. The molecule has 10 nitrogen and oxygen atoms in total. The molecule has 41 heavy (non-hydrogen) atoms. The van der Waals surface area contributed by atoms with Crippen molar-refractivity contribution in [3.8, 4) is 11.5 Å². The Morgan fingerprint density at radius 2 is 1.90 bits per heavy atom. The minimum absolute atomic E-state index is 0.177. The lowest BCUT2D eigenvalue weighted by Crippen LogP contribution is -2.38. The molecule has 0 radical (unpaired) electrons. The molecule has 1 amide bonds. The Morgan fingerprint density at radius 3 is 2.68 bits per heavy atom. The predicted octanol–water partition coefficient (Wildman–Crippen LogP) is 5.28. The van der Waals surface area contributed by atoms with Gasteiger partial charge in [0.15, 0.2) is 0 Å². The number of pyridine rings is 1. The fourth-order valence-corrected chi connectivity index (χ4v) is 4.68. The molecule has 1 fully saturated rings. The van der Waals surface area contributed by atoms with Gasteiger partial charge in [-0.2, -0.15) is 0 Å². The van der Waals surface area contributed by atoms with Crippen molar-refractivity contribution in [3.05, 3.63) is 71.8 Å². The summed E-state index contributed by atoms with van der Waals surface area (Å²) in [6.07, 6.45) is 3.37. The van der Waals surface area contributed by atoms with E-state index in [9.17, 15) is 4.79 Å². The third-order valence-electron chi connectivity index (χ3n) is 6.40. The lowest BCUT2D eigenvalue weighted by atomic mass is 10.1. The van der Waals surface area contributed by atoms with Crippen molar-refractivity contribution < 1.29 is 19.0 Å². The van der Waals surface area contributed by atoms with E-state index in [1.807, 2.05) is 24.3 Å². The van der Waals surface area contributed by atoms with Crippen molar-refractivity contribution >= 4 is 57.2 Å². The number of carbonyl (C=O) groups is 1. The SMILES string of the molecule is O=C(CCCl)Nc1cc2c(Nc3ccc(OCc4ccccn4)c(Cl)c3)ncnc2cc1OCCN1CCOCC1. The first-order valence-corrected chi connectivity index (χ1v) is 14.2. The highest BCUT2D eigenvalue weighted by molar-refractivity contribution is 6.32. The highest BCUT2D eigenvalue weighted by Gasteiger charge is 2.16. The zero-order valence-corrected chi connectivity index (χ0v) is 23.8. The molecule has 0 bridgehead atoms. The van der Waals surface area contributed by atoms with Crippen LogP contribution in [0.1, 0.15) is 12.1 Å². The van der Waals surface area contributed by atoms with Crippen molar-refractivity contribution in [1.82, 2.24) is 19.9 Å². The Morgan fingerprint density at radius 1 is 1.02 bits per heavy atom. The Hall–Kier alpha value is -3.70. The summed E-state index contributed by atoms with van der Waals surface area (Å²) in [4.78, 5) is 27.9.